The van der Waals surface area contributed by atoms with Crippen molar-refractivity contribution >= 4 is 17.2 Å². The zero-order valence-corrected chi connectivity index (χ0v) is 9.37. The van der Waals surface area contributed by atoms with Gasteiger partial charge in [0, 0.05) is 25.5 Å². The summed E-state index contributed by atoms with van der Waals surface area (Å²) in [6, 6.07) is 0. The van der Waals surface area contributed by atoms with Gasteiger partial charge in [0.25, 0.3) is 0 Å². The number of hydrogen-bond donors (Lipinski definition) is 1. The van der Waals surface area contributed by atoms with Crippen molar-refractivity contribution in [3.05, 3.63) is 18.2 Å². The van der Waals surface area contributed by atoms with Gasteiger partial charge in [-0.2, -0.15) is 0 Å². The van der Waals surface area contributed by atoms with Gasteiger partial charge in [0.1, 0.15) is 4.99 Å². The maximum atomic E-state index is 5.56. The summed E-state index contributed by atoms with van der Waals surface area (Å²) in [7, 11) is 0. The molecule has 1 aromatic heterocycles. The van der Waals surface area contributed by atoms with Gasteiger partial charge in [-0.05, 0) is 19.3 Å². The van der Waals surface area contributed by atoms with Crippen molar-refractivity contribution < 1.29 is 4.74 Å². The lowest BCUT2D eigenvalue weighted by Crippen LogP contribution is -2.18. The van der Waals surface area contributed by atoms with E-state index in [1.165, 1.54) is 6.42 Å². The summed E-state index contributed by atoms with van der Waals surface area (Å²) in [4.78, 5) is 4.47. The van der Waals surface area contributed by atoms with Gasteiger partial charge in [-0.15, -0.1) is 0 Å². The van der Waals surface area contributed by atoms with Crippen LogP contribution in [-0.4, -0.2) is 27.3 Å². The summed E-state index contributed by atoms with van der Waals surface area (Å²) in [5, 5.41) is 0. The highest BCUT2D eigenvalue weighted by Crippen LogP contribution is 2.16. The minimum atomic E-state index is 0.354. The van der Waals surface area contributed by atoms with E-state index < -0.39 is 0 Å². The number of ether oxygens (including phenoxy) is 1. The standard InChI is InChI=1S/C10H15N3OS/c11-9(15)10-12-4-6-13(10)5-3-8-2-1-7-14-8/h4,6,8H,1-3,5,7H2,(H2,11,15). The molecule has 1 aromatic rings. The number of rotatable bonds is 4. The lowest BCUT2D eigenvalue weighted by Gasteiger charge is -2.11. The fourth-order valence-electron chi connectivity index (χ4n) is 1.87. The third-order valence-electron chi connectivity index (χ3n) is 2.65. The predicted octanol–water partition coefficient (Wildman–Crippen LogP) is 1.09. The molecular formula is C10H15N3OS. The number of aryl methyl sites for hydroxylation is 1. The van der Waals surface area contributed by atoms with Gasteiger partial charge >= 0.3 is 0 Å². The Morgan fingerprint density at radius 3 is 3.27 bits per heavy atom. The zero-order valence-electron chi connectivity index (χ0n) is 8.56. The average Bonchev–Trinajstić information content (AvgIpc) is 2.86. The first kappa shape index (κ1) is 10.6. The molecule has 82 valence electrons. The van der Waals surface area contributed by atoms with Crippen molar-refractivity contribution in [2.75, 3.05) is 6.61 Å². The second-order valence-electron chi connectivity index (χ2n) is 3.73. The average molecular weight is 225 g/mol. The van der Waals surface area contributed by atoms with Crippen LogP contribution in [0, 0.1) is 0 Å². The van der Waals surface area contributed by atoms with Crippen LogP contribution in [0.5, 0.6) is 0 Å². The lowest BCUT2D eigenvalue weighted by atomic mass is 10.2. The quantitative estimate of drug-likeness (QED) is 0.779. The minimum absolute atomic E-state index is 0.354. The van der Waals surface area contributed by atoms with Gasteiger partial charge in [0.15, 0.2) is 5.82 Å². The molecule has 5 heteroatoms. The molecule has 2 heterocycles. The van der Waals surface area contributed by atoms with Crippen LogP contribution in [0.15, 0.2) is 12.4 Å². The molecule has 0 radical (unpaired) electrons. The van der Waals surface area contributed by atoms with Crippen LogP contribution < -0.4 is 5.73 Å². The largest absolute Gasteiger partial charge is 0.387 e. The van der Waals surface area contributed by atoms with E-state index in [0.29, 0.717) is 16.9 Å². The number of thiocarbonyl (C=S) groups is 1. The molecule has 1 fully saturated rings. The van der Waals surface area contributed by atoms with E-state index in [1.54, 1.807) is 6.20 Å². The van der Waals surface area contributed by atoms with E-state index >= 15 is 0 Å². The van der Waals surface area contributed by atoms with Crippen LogP contribution in [0.2, 0.25) is 0 Å². The Kier molecular flexibility index (Phi) is 3.33. The molecular weight excluding hydrogens is 210 g/mol. The number of aromatic nitrogens is 2. The molecule has 2 N–H and O–H groups in total. The monoisotopic (exact) mass is 225 g/mol. The maximum Gasteiger partial charge on any atom is 0.167 e. The topological polar surface area (TPSA) is 53.1 Å². The molecule has 0 aromatic carbocycles. The van der Waals surface area contributed by atoms with Gasteiger partial charge in [-0.25, -0.2) is 4.98 Å². The van der Waals surface area contributed by atoms with E-state index in [9.17, 15) is 0 Å². The third-order valence-corrected chi connectivity index (χ3v) is 2.83. The molecule has 1 aliphatic rings. The van der Waals surface area contributed by atoms with Crippen LogP contribution in [0.1, 0.15) is 25.1 Å². The molecule has 0 aliphatic carbocycles. The Morgan fingerprint density at radius 1 is 1.73 bits per heavy atom. The first-order chi connectivity index (χ1) is 7.27. The minimum Gasteiger partial charge on any atom is -0.387 e. The highest BCUT2D eigenvalue weighted by Gasteiger charge is 2.15. The summed E-state index contributed by atoms with van der Waals surface area (Å²) in [6.07, 6.45) is 7.37. The Balaban J connectivity index is 1.92. The highest BCUT2D eigenvalue weighted by molar-refractivity contribution is 7.80. The Morgan fingerprint density at radius 2 is 2.60 bits per heavy atom. The Bertz CT molecular complexity index is 344. The summed E-state index contributed by atoms with van der Waals surface area (Å²) >= 11 is 4.92. The van der Waals surface area contributed by atoms with Crippen molar-refractivity contribution in [3.63, 3.8) is 0 Å². The maximum absolute atomic E-state index is 5.56. The molecule has 0 saturated carbocycles. The third kappa shape index (κ3) is 2.54. The van der Waals surface area contributed by atoms with Gasteiger partial charge in [-0.3, -0.25) is 0 Å². The molecule has 15 heavy (non-hydrogen) atoms. The van der Waals surface area contributed by atoms with Crippen molar-refractivity contribution in [2.45, 2.75) is 31.9 Å². The summed E-state index contributed by atoms with van der Waals surface area (Å²) in [5.74, 6) is 0.697. The van der Waals surface area contributed by atoms with E-state index in [-0.39, 0.29) is 0 Å². The second-order valence-corrected chi connectivity index (χ2v) is 4.17. The van der Waals surface area contributed by atoms with E-state index in [0.717, 1.165) is 26.0 Å². The molecule has 1 saturated heterocycles. The fourth-order valence-corrected chi connectivity index (χ4v) is 2.04. The van der Waals surface area contributed by atoms with E-state index in [4.69, 9.17) is 22.7 Å². The van der Waals surface area contributed by atoms with Crippen LogP contribution >= 0.6 is 12.2 Å². The zero-order chi connectivity index (χ0) is 10.7. The van der Waals surface area contributed by atoms with Gasteiger partial charge in [-0.1, -0.05) is 12.2 Å². The number of nitrogens with zero attached hydrogens (tertiary/aromatic N) is 2. The first-order valence-electron chi connectivity index (χ1n) is 5.20. The molecule has 1 aliphatic heterocycles. The molecule has 0 spiro atoms. The fraction of sp³-hybridized carbons (Fsp3) is 0.600. The molecule has 0 amide bonds. The molecule has 2 rings (SSSR count). The van der Waals surface area contributed by atoms with Crippen molar-refractivity contribution in [2.24, 2.45) is 5.73 Å². The van der Waals surface area contributed by atoms with E-state index in [1.807, 2.05) is 10.8 Å². The van der Waals surface area contributed by atoms with Crippen LogP contribution in [-0.2, 0) is 11.3 Å². The van der Waals surface area contributed by atoms with Crippen molar-refractivity contribution in [1.29, 1.82) is 0 Å². The number of nitrogens with two attached hydrogens (primary N) is 1. The summed E-state index contributed by atoms with van der Waals surface area (Å²) in [6.45, 7) is 1.77. The summed E-state index contributed by atoms with van der Waals surface area (Å²) in [5.41, 5.74) is 5.56. The normalized spacial score (nSPS) is 20.7. The summed E-state index contributed by atoms with van der Waals surface area (Å²) < 4.78 is 7.54. The van der Waals surface area contributed by atoms with Gasteiger partial charge in [0.2, 0.25) is 0 Å². The highest BCUT2D eigenvalue weighted by atomic mass is 32.1. The van der Waals surface area contributed by atoms with Gasteiger partial charge < -0.3 is 15.0 Å². The second kappa shape index (κ2) is 4.72. The first-order valence-corrected chi connectivity index (χ1v) is 5.61. The molecule has 4 nitrogen and oxygen atoms in total. The van der Waals surface area contributed by atoms with Crippen molar-refractivity contribution in [3.8, 4) is 0 Å². The molecule has 1 atom stereocenters. The molecule has 1 unspecified atom stereocenters. The van der Waals surface area contributed by atoms with E-state index in [2.05, 4.69) is 4.98 Å². The van der Waals surface area contributed by atoms with Crippen LogP contribution in [0.4, 0.5) is 0 Å². The number of hydrogen-bond acceptors (Lipinski definition) is 3. The molecule has 0 bridgehead atoms. The van der Waals surface area contributed by atoms with Crippen molar-refractivity contribution in [1.82, 2.24) is 9.55 Å². The smallest absolute Gasteiger partial charge is 0.167 e. The van der Waals surface area contributed by atoms with Crippen LogP contribution in [0.3, 0.4) is 0 Å². The van der Waals surface area contributed by atoms with Gasteiger partial charge in [0.05, 0.1) is 6.10 Å². The Labute approximate surface area is 94.4 Å². The number of imidazole rings is 1. The predicted molar refractivity (Wildman–Crippen MR) is 61.7 cm³/mol. The van der Waals surface area contributed by atoms with Crippen LogP contribution in [0.25, 0.3) is 0 Å². The SMILES string of the molecule is NC(=S)c1nccn1CCC1CCCO1. The Hall–Kier alpha value is -0.940. The lowest BCUT2D eigenvalue weighted by molar-refractivity contribution is 0.100.